The Bertz CT molecular complexity index is 1240. The summed E-state index contributed by atoms with van der Waals surface area (Å²) in [5.74, 6) is -0.624. The van der Waals surface area contributed by atoms with Gasteiger partial charge in [0.15, 0.2) is 5.13 Å². The van der Waals surface area contributed by atoms with E-state index in [-0.39, 0.29) is 16.6 Å². The van der Waals surface area contributed by atoms with Crippen LogP contribution < -0.4 is 4.90 Å². The normalized spacial score (nSPS) is 12.1. The van der Waals surface area contributed by atoms with Crippen LogP contribution in [-0.2, 0) is 10.0 Å². The van der Waals surface area contributed by atoms with E-state index in [1.807, 2.05) is 32.8 Å². The van der Waals surface area contributed by atoms with Crippen LogP contribution in [0.2, 0.25) is 0 Å². The fourth-order valence-electron chi connectivity index (χ4n) is 3.76. The molecule has 3 aromatic rings. The Morgan fingerprint density at radius 1 is 0.971 bits per heavy atom. The van der Waals surface area contributed by atoms with Crippen LogP contribution in [-0.4, -0.2) is 68.8 Å². The number of rotatable bonds is 12. The molecule has 0 spiro atoms. The minimum absolute atomic E-state index is 0.172. The average molecular weight is 521 g/mol. The van der Waals surface area contributed by atoms with E-state index >= 15 is 0 Å². The zero-order valence-corrected chi connectivity index (χ0v) is 22.3. The van der Waals surface area contributed by atoms with Gasteiger partial charge in [0.25, 0.3) is 5.91 Å². The average Bonchev–Trinajstić information content (AvgIpc) is 3.24. The van der Waals surface area contributed by atoms with Gasteiger partial charge in [-0.1, -0.05) is 25.2 Å². The topological polar surface area (TPSA) is 73.8 Å². The third-order valence-electron chi connectivity index (χ3n) is 5.49. The molecule has 1 amide bonds. The molecule has 0 aliphatic heterocycles. The van der Waals surface area contributed by atoms with E-state index in [4.69, 9.17) is 0 Å². The number of hydrogen-bond donors (Lipinski definition) is 0. The van der Waals surface area contributed by atoms with Crippen LogP contribution in [0.25, 0.3) is 10.2 Å². The summed E-state index contributed by atoms with van der Waals surface area (Å²) >= 11 is 1.26. The van der Waals surface area contributed by atoms with E-state index in [0.717, 1.165) is 25.8 Å². The maximum absolute atomic E-state index is 13.7. The highest BCUT2D eigenvalue weighted by Crippen LogP contribution is 2.30. The number of halogens is 1. The van der Waals surface area contributed by atoms with Gasteiger partial charge in [-0.15, -0.1) is 0 Å². The predicted octanol–water partition coefficient (Wildman–Crippen LogP) is 4.84. The molecule has 7 nitrogen and oxygen atoms in total. The highest BCUT2D eigenvalue weighted by atomic mass is 32.2. The number of nitrogens with zero attached hydrogens (tertiary/aromatic N) is 4. The van der Waals surface area contributed by atoms with E-state index in [9.17, 15) is 17.6 Å². The van der Waals surface area contributed by atoms with Crippen LogP contribution in [0, 0.1) is 5.82 Å². The van der Waals surface area contributed by atoms with Crippen molar-refractivity contribution in [2.24, 2.45) is 0 Å². The van der Waals surface area contributed by atoms with Gasteiger partial charge in [-0.25, -0.2) is 17.8 Å². The molecule has 0 aliphatic rings. The van der Waals surface area contributed by atoms with Crippen LogP contribution in [0.15, 0.2) is 47.4 Å². The second-order valence-corrected chi connectivity index (χ2v) is 11.6. The number of amides is 1. The lowest BCUT2D eigenvalue weighted by atomic mass is 10.2. The van der Waals surface area contributed by atoms with Crippen molar-refractivity contribution in [3.63, 3.8) is 0 Å². The Hall–Kier alpha value is -2.40. The lowest BCUT2D eigenvalue weighted by Gasteiger charge is -2.22. The maximum Gasteiger partial charge on any atom is 0.260 e. The van der Waals surface area contributed by atoms with E-state index in [2.05, 4.69) is 4.98 Å². The molecule has 2 aromatic carbocycles. The molecular formula is C25H33FN4O3S2. The van der Waals surface area contributed by atoms with E-state index in [1.54, 1.807) is 23.1 Å². The molecule has 190 valence electrons. The molecule has 0 saturated carbocycles. The summed E-state index contributed by atoms with van der Waals surface area (Å²) in [6.45, 7) is 6.01. The molecule has 0 bridgehead atoms. The Balaban J connectivity index is 1.90. The number of carbonyl (C=O) groups excluding carboxylic acids is 1. The Morgan fingerprint density at radius 3 is 2.23 bits per heavy atom. The standard InChI is InChI=1S/C25H33FN4O3S2/c1-5-14-29(15-6-2)35(32,33)21-11-8-19(9-12-21)24(31)30(17-7-16-28(3)4)25-27-22-13-10-20(26)18-23(22)34-25/h8-13,18H,5-7,14-17H2,1-4H3. The zero-order chi connectivity index (χ0) is 25.6. The summed E-state index contributed by atoms with van der Waals surface area (Å²) in [4.78, 5) is 21.9. The highest BCUT2D eigenvalue weighted by Gasteiger charge is 2.25. The van der Waals surface area contributed by atoms with Crippen molar-refractivity contribution in [3.8, 4) is 0 Å². The summed E-state index contributed by atoms with van der Waals surface area (Å²) < 4.78 is 42.0. The van der Waals surface area contributed by atoms with E-state index in [1.165, 1.54) is 39.9 Å². The summed E-state index contributed by atoms with van der Waals surface area (Å²) in [5, 5.41) is 0.489. The number of aromatic nitrogens is 1. The van der Waals surface area contributed by atoms with Crippen LogP contribution in [0.4, 0.5) is 9.52 Å². The molecule has 1 aromatic heterocycles. The number of thiazole rings is 1. The van der Waals surface area contributed by atoms with Crippen molar-refractivity contribution in [1.82, 2.24) is 14.2 Å². The van der Waals surface area contributed by atoms with Crippen molar-refractivity contribution in [1.29, 1.82) is 0 Å². The molecule has 35 heavy (non-hydrogen) atoms. The van der Waals surface area contributed by atoms with Gasteiger partial charge in [0, 0.05) is 25.2 Å². The Labute approximate surface area is 211 Å². The zero-order valence-electron chi connectivity index (χ0n) is 20.7. The molecule has 3 rings (SSSR count). The van der Waals surface area contributed by atoms with Gasteiger partial charge >= 0.3 is 0 Å². The molecule has 0 fully saturated rings. The van der Waals surface area contributed by atoms with Crippen molar-refractivity contribution >= 4 is 42.6 Å². The summed E-state index contributed by atoms with van der Waals surface area (Å²) in [6, 6.07) is 10.5. The minimum atomic E-state index is -3.63. The molecule has 1 heterocycles. The first kappa shape index (κ1) is 27.2. The summed E-state index contributed by atoms with van der Waals surface area (Å²) in [6.07, 6.45) is 2.17. The second kappa shape index (κ2) is 12.0. The fourth-order valence-corrected chi connectivity index (χ4v) is 6.40. The van der Waals surface area contributed by atoms with Gasteiger partial charge in [-0.3, -0.25) is 9.69 Å². The SMILES string of the molecule is CCCN(CCC)S(=O)(=O)c1ccc(C(=O)N(CCCN(C)C)c2nc3ccc(F)cc3s2)cc1. The first-order valence-electron chi connectivity index (χ1n) is 11.8. The third kappa shape index (κ3) is 6.63. The highest BCUT2D eigenvalue weighted by molar-refractivity contribution is 7.89. The molecule has 0 atom stereocenters. The Morgan fingerprint density at radius 2 is 1.63 bits per heavy atom. The molecule has 0 saturated heterocycles. The van der Waals surface area contributed by atoms with Gasteiger partial charge in [0.2, 0.25) is 10.0 Å². The maximum atomic E-state index is 13.7. The lowest BCUT2D eigenvalue weighted by Crippen LogP contribution is -2.34. The first-order valence-corrected chi connectivity index (χ1v) is 14.1. The van der Waals surface area contributed by atoms with Crippen LogP contribution >= 0.6 is 11.3 Å². The minimum Gasteiger partial charge on any atom is -0.309 e. The van der Waals surface area contributed by atoms with Crippen LogP contribution in [0.1, 0.15) is 43.5 Å². The number of benzene rings is 2. The van der Waals surface area contributed by atoms with Crippen molar-refractivity contribution in [2.45, 2.75) is 38.0 Å². The van der Waals surface area contributed by atoms with Gasteiger partial charge in [0.1, 0.15) is 5.82 Å². The molecule has 0 aliphatic carbocycles. The number of carbonyl (C=O) groups is 1. The number of hydrogen-bond acceptors (Lipinski definition) is 6. The van der Waals surface area contributed by atoms with Crippen LogP contribution in [0.5, 0.6) is 0 Å². The van der Waals surface area contributed by atoms with Crippen LogP contribution in [0.3, 0.4) is 0 Å². The fraction of sp³-hybridized carbons (Fsp3) is 0.440. The molecule has 0 N–H and O–H groups in total. The third-order valence-corrected chi connectivity index (χ3v) is 8.44. The van der Waals surface area contributed by atoms with Gasteiger partial charge in [-0.2, -0.15) is 4.31 Å². The largest absolute Gasteiger partial charge is 0.309 e. The van der Waals surface area contributed by atoms with Crippen molar-refractivity contribution in [2.75, 3.05) is 45.2 Å². The number of anilines is 1. The van der Waals surface area contributed by atoms with Gasteiger partial charge < -0.3 is 4.90 Å². The molecule has 0 unspecified atom stereocenters. The quantitative estimate of drug-likeness (QED) is 0.342. The van der Waals surface area contributed by atoms with Crippen molar-refractivity contribution in [3.05, 3.63) is 53.8 Å². The molecule has 0 radical (unpaired) electrons. The number of fused-ring (bicyclic) bond motifs is 1. The predicted molar refractivity (Wildman–Crippen MR) is 140 cm³/mol. The Kier molecular flexibility index (Phi) is 9.34. The van der Waals surface area contributed by atoms with Crippen molar-refractivity contribution < 1.29 is 17.6 Å². The first-order chi connectivity index (χ1) is 16.7. The lowest BCUT2D eigenvalue weighted by molar-refractivity contribution is 0.0986. The smallest absolute Gasteiger partial charge is 0.260 e. The number of sulfonamides is 1. The molecule has 10 heteroatoms. The monoisotopic (exact) mass is 520 g/mol. The molecular weight excluding hydrogens is 487 g/mol. The van der Waals surface area contributed by atoms with Gasteiger partial charge in [0.05, 0.1) is 15.1 Å². The second-order valence-electron chi connectivity index (χ2n) is 8.65. The van der Waals surface area contributed by atoms with E-state index < -0.39 is 10.0 Å². The van der Waals surface area contributed by atoms with E-state index in [0.29, 0.717) is 40.5 Å². The van der Waals surface area contributed by atoms with Gasteiger partial charge in [-0.05, 0) is 82.4 Å². The summed E-state index contributed by atoms with van der Waals surface area (Å²) in [5.41, 5.74) is 1.00. The summed E-state index contributed by atoms with van der Waals surface area (Å²) in [7, 11) is 0.301.